The predicted octanol–water partition coefficient (Wildman–Crippen LogP) is 10.4. The number of rotatable bonds is 31. The standard InChI is InChI=1S/C36H68O6/c1-5-8-10-12-15-20-24-28-35(38)41-31-33(30-40-34(37)27-23-18-11-9-6-2)42-36(39)29-25-21-17-14-13-16-19-22-26-32(4)7-3/h32-33H,5-31H2,1-4H3/t32?,33-/m0/s1. The van der Waals surface area contributed by atoms with Crippen molar-refractivity contribution in [1.29, 1.82) is 0 Å². The maximum atomic E-state index is 12.5. The Bertz CT molecular complexity index is 634. The van der Waals surface area contributed by atoms with E-state index in [9.17, 15) is 14.4 Å². The Morgan fingerprint density at radius 3 is 1.24 bits per heavy atom. The van der Waals surface area contributed by atoms with Crippen LogP contribution in [-0.4, -0.2) is 37.2 Å². The molecule has 0 heterocycles. The molecular weight excluding hydrogens is 528 g/mol. The highest BCUT2D eigenvalue weighted by atomic mass is 16.6. The number of unbranched alkanes of at least 4 members (excludes halogenated alkanes) is 17. The lowest BCUT2D eigenvalue weighted by atomic mass is 9.99. The lowest BCUT2D eigenvalue weighted by molar-refractivity contribution is -0.167. The Morgan fingerprint density at radius 1 is 0.476 bits per heavy atom. The number of hydrogen-bond acceptors (Lipinski definition) is 6. The van der Waals surface area contributed by atoms with Crippen LogP contribution in [-0.2, 0) is 28.6 Å². The zero-order valence-corrected chi connectivity index (χ0v) is 28.2. The first-order chi connectivity index (χ1) is 20.4. The van der Waals surface area contributed by atoms with Crippen LogP contribution < -0.4 is 0 Å². The highest BCUT2D eigenvalue weighted by Gasteiger charge is 2.19. The van der Waals surface area contributed by atoms with E-state index in [1.807, 2.05) is 0 Å². The first-order valence-electron chi connectivity index (χ1n) is 17.9. The fourth-order valence-corrected chi connectivity index (χ4v) is 5.00. The van der Waals surface area contributed by atoms with Crippen molar-refractivity contribution in [2.45, 2.75) is 194 Å². The van der Waals surface area contributed by atoms with Crippen molar-refractivity contribution < 1.29 is 28.6 Å². The van der Waals surface area contributed by atoms with E-state index in [0.29, 0.717) is 19.3 Å². The summed E-state index contributed by atoms with van der Waals surface area (Å²) in [7, 11) is 0. The van der Waals surface area contributed by atoms with Crippen LogP contribution in [0.5, 0.6) is 0 Å². The molecule has 0 amide bonds. The smallest absolute Gasteiger partial charge is 0.306 e. The molecule has 0 fully saturated rings. The quantitative estimate of drug-likeness (QED) is 0.0450. The molecule has 0 saturated heterocycles. The molecule has 0 rings (SSSR count). The van der Waals surface area contributed by atoms with Crippen molar-refractivity contribution in [2.75, 3.05) is 13.2 Å². The summed E-state index contributed by atoms with van der Waals surface area (Å²) in [6.07, 6.45) is 25.5. The van der Waals surface area contributed by atoms with Crippen molar-refractivity contribution in [1.82, 2.24) is 0 Å². The van der Waals surface area contributed by atoms with Gasteiger partial charge in [0.25, 0.3) is 0 Å². The van der Waals surface area contributed by atoms with Gasteiger partial charge in [-0.15, -0.1) is 0 Å². The Morgan fingerprint density at radius 2 is 0.833 bits per heavy atom. The second-order valence-electron chi connectivity index (χ2n) is 12.4. The van der Waals surface area contributed by atoms with Crippen molar-refractivity contribution in [3.05, 3.63) is 0 Å². The second-order valence-corrected chi connectivity index (χ2v) is 12.4. The van der Waals surface area contributed by atoms with Gasteiger partial charge in [0.1, 0.15) is 13.2 Å². The molecule has 6 heteroatoms. The minimum atomic E-state index is -0.755. The van der Waals surface area contributed by atoms with Gasteiger partial charge in [0.2, 0.25) is 0 Å². The topological polar surface area (TPSA) is 78.9 Å². The molecule has 0 saturated carbocycles. The summed E-state index contributed by atoms with van der Waals surface area (Å²) in [6, 6.07) is 0. The molecular formula is C36H68O6. The van der Waals surface area contributed by atoms with Crippen LogP contribution in [0.3, 0.4) is 0 Å². The lowest BCUT2D eigenvalue weighted by Crippen LogP contribution is -2.30. The van der Waals surface area contributed by atoms with E-state index in [1.54, 1.807) is 0 Å². The molecule has 0 radical (unpaired) electrons. The van der Waals surface area contributed by atoms with Crippen molar-refractivity contribution in [3.63, 3.8) is 0 Å². The third-order valence-electron chi connectivity index (χ3n) is 8.15. The summed E-state index contributed by atoms with van der Waals surface area (Å²) >= 11 is 0. The minimum Gasteiger partial charge on any atom is -0.462 e. The minimum absolute atomic E-state index is 0.0676. The normalized spacial score (nSPS) is 12.6. The maximum absolute atomic E-state index is 12.5. The van der Waals surface area contributed by atoms with E-state index in [0.717, 1.165) is 70.1 Å². The van der Waals surface area contributed by atoms with Crippen LogP contribution in [0.1, 0.15) is 188 Å². The Labute approximate surface area is 259 Å². The predicted molar refractivity (Wildman–Crippen MR) is 173 cm³/mol. The van der Waals surface area contributed by atoms with E-state index in [4.69, 9.17) is 14.2 Å². The first-order valence-corrected chi connectivity index (χ1v) is 17.9. The number of ether oxygens (including phenoxy) is 3. The monoisotopic (exact) mass is 597 g/mol. The third kappa shape index (κ3) is 28.5. The molecule has 0 aliphatic heterocycles. The highest BCUT2D eigenvalue weighted by Crippen LogP contribution is 2.16. The number of esters is 3. The molecule has 0 aliphatic carbocycles. The Kier molecular flexibility index (Phi) is 29.7. The highest BCUT2D eigenvalue weighted by molar-refractivity contribution is 5.71. The second kappa shape index (κ2) is 30.9. The molecule has 0 N–H and O–H groups in total. The number of carbonyl (C=O) groups excluding carboxylic acids is 3. The van der Waals surface area contributed by atoms with Crippen molar-refractivity contribution >= 4 is 17.9 Å². The average Bonchev–Trinajstić information content (AvgIpc) is 2.98. The van der Waals surface area contributed by atoms with E-state index in [1.165, 1.54) is 77.0 Å². The van der Waals surface area contributed by atoms with E-state index >= 15 is 0 Å². The van der Waals surface area contributed by atoms with Crippen molar-refractivity contribution in [3.8, 4) is 0 Å². The number of hydrogen-bond donors (Lipinski definition) is 0. The summed E-state index contributed by atoms with van der Waals surface area (Å²) in [5.74, 6) is -0.0453. The zero-order valence-electron chi connectivity index (χ0n) is 28.2. The summed E-state index contributed by atoms with van der Waals surface area (Å²) < 4.78 is 16.4. The van der Waals surface area contributed by atoms with Crippen LogP contribution in [0, 0.1) is 5.92 Å². The van der Waals surface area contributed by atoms with Gasteiger partial charge in [-0.3, -0.25) is 14.4 Å². The van der Waals surface area contributed by atoms with E-state index in [2.05, 4.69) is 27.7 Å². The SMILES string of the molecule is CCCCCCCCCC(=O)OC[C@H](COC(=O)CCCCCCC)OC(=O)CCCCCCCCCCC(C)CC. The summed E-state index contributed by atoms with van der Waals surface area (Å²) in [5.41, 5.74) is 0. The van der Waals surface area contributed by atoms with E-state index in [-0.39, 0.29) is 31.1 Å². The van der Waals surface area contributed by atoms with E-state index < -0.39 is 6.10 Å². The molecule has 2 atom stereocenters. The zero-order chi connectivity index (χ0) is 31.1. The molecule has 248 valence electrons. The van der Waals surface area contributed by atoms with Gasteiger partial charge in [-0.05, 0) is 25.2 Å². The molecule has 0 aromatic heterocycles. The molecule has 42 heavy (non-hydrogen) atoms. The molecule has 1 unspecified atom stereocenters. The van der Waals surface area contributed by atoms with Gasteiger partial charge < -0.3 is 14.2 Å². The van der Waals surface area contributed by atoms with Gasteiger partial charge in [-0.1, -0.05) is 150 Å². The van der Waals surface area contributed by atoms with Gasteiger partial charge in [-0.2, -0.15) is 0 Å². The molecule has 0 spiro atoms. The van der Waals surface area contributed by atoms with Crippen LogP contribution in [0.25, 0.3) is 0 Å². The molecule has 0 bridgehead atoms. The third-order valence-corrected chi connectivity index (χ3v) is 8.15. The summed E-state index contributed by atoms with van der Waals surface area (Å²) in [6.45, 7) is 8.83. The Balaban J connectivity index is 4.30. The van der Waals surface area contributed by atoms with Crippen LogP contribution in [0.4, 0.5) is 0 Å². The van der Waals surface area contributed by atoms with Gasteiger partial charge in [0.05, 0.1) is 0 Å². The fourth-order valence-electron chi connectivity index (χ4n) is 5.00. The Hall–Kier alpha value is -1.59. The number of carbonyl (C=O) groups is 3. The lowest BCUT2D eigenvalue weighted by Gasteiger charge is -2.18. The molecule has 6 nitrogen and oxygen atoms in total. The van der Waals surface area contributed by atoms with Crippen LogP contribution in [0.15, 0.2) is 0 Å². The largest absolute Gasteiger partial charge is 0.462 e. The molecule has 0 aromatic rings. The summed E-state index contributed by atoms with van der Waals surface area (Å²) in [5, 5.41) is 0. The average molecular weight is 597 g/mol. The fraction of sp³-hybridized carbons (Fsp3) is 0.917. The van der Waals surface area contributed by atoms with Gasteiger partial charge >= 0.3 is 17.9 Å². The molecule has 0 aliphatic rings. The van der Waals surface area contributed by atoms with Crippen LogP contribution >= 0.6 is 0 Å². The van der Waals surface area contributed by atoms with Gasteiger partial charge in [-0.25, -0.2) is 0 Å². The molecule has 0 aromatic carbocycles. The van der Waals surface area contributed by atoms with Gasteiger partial charge in [0, 0.05) is 19.3 Å². The summed E-state index contributed by atoms with van der Waals surface area (Å²) in [4.78, 5) is 37.0. The van der Waals surface area contributed by atoms with Crippen LogP contribution in [0.2, 0.25) is 0 Å². The van der Waals surface area contributed by atoms with Gasteiger partial charge in [0.15, 0.2) is 6.10 Å². The maximum Gasteiger partial charge on any atom is 0.306 e. The van der Waals surface area contributed by atoms with Crippen molar-refractivity contribution in [2.24, 2.45) is 5.92 Å². The first kappa shape index (κ1) is 40.4.